The monoisotopic (exact) mass is 156 g/mol. The van der Waals surface area contributed by atoms with E-state index in [1.165, 1.54) is 6.42 Å². The first-order chi connectivity index (χ1) is 5.15. The number of nitrogens with one attached hydrogen (secondary N) is 1. The van der Waals surface area contributed by atoms with Crippen molar-refractivity contribution in [2.24, 2.45) is 17.6 Å². The van der Waals surface area contributed by atoms with Gasteiger partial charge in [0, 0.05) is 0 Å². The van der Waals surface area contributed by atoms with E-state index in [4.69, 9.17) is 5.73 Å². The Morgan fingerprint density at radius 3 is 2.64 bits per heavy atom. The molecule has 1 aliphatic carbocycles. The second-order valence-electron chi connectivity index (χ2n) is 3.45. The Morgan fingerprint density at radius 1 is 1.82 bits per heavy atom. The van der Waals surface area contributed by atoms with Gasteiger partial charge in [-0.05, 0) is 31.7 Å². The Morgan fingerprint density at radius 2 is 2.36 bits per heavy atom. The van der Waals surface area contributed by atoms with Crippen LogP contribution in [0.25, 0.3) is 0 Å². The molecule has 0 aromatic heterocycles. The average Bonchev–Trinajstić information content (AvgIpc) is 2.61. The molecule has 0 aromatic carbocycles. The molecule has 0 aliphatic heterocycles. The standard InChI is InChI=1S/C8H16N2O/c1-5-3-6(5)4-7(10-2)8(9)11/h5-7,10H,3-4H2,1-2H3,(H2,9,11). The number of carbonyl (C=O) groups excluding carboxylic acids is 1. The Hall–Kier alpha value is -0.570. The van der Waals surface area contributed by atoms with Crippen LogP contribution in [0.3, 0.4) is 0 Å². The van der Waals surface area contributed by atoms with Crippen LogP contribution in [0.15, 0.2) is 0 Å². The number of rotatable bonds is 4. The molecule has 3 nitrogen and oxygen atoms in total. The first kappa shape index (κ1) is 8.53. The molecule has 0 heterocycles. The minimum absolute atomic E-state index is 0.120. The lowest BCUT2D eigenvalue weighted by molar-refractivity contribution is -0.120. The number of amides is 1. The van der Waals surface area contributed by atoms with Crippen LogP contribution in [0.2, 0.25) is 0 Å². The van der Waals surface area contributed by atoms with Gasteiger partial charge in [0.1, 0.15) is 0 Å². The van der Waals surface area contributed by atoms with Gasteiger partial charge < -0.3 is 11.1 Å². The Bertz CT molecular complexity index is 158. The van der Waals surface area contributed by atoms with Gasteiger partial charge in [-0.1, -0.05) is 6.92 Å². The number of hydrogen-bond acceptors (Lipinski definition) is 2. The third-order valence-electron chi connectivity index (χ3n) is 2.51. The van der Waals surface area contributed by atoms with E-state index in [1.54, 1.807) is 7.05 Å². The fourth-order valence-electron chi connectivity index (χ4n) is 1.41. The maximum atomic E-state index is 10.8. The van der Waals surface area contributed by atoms with Crippen molar-refractivity contribution in [3.05, 3.63) is 0 Å². The molecule has 1 rings (SSSR count). The molecule has 0 saturated heterocycles. The summed E-state index contributed by atoms with van der Waals surface area (Å²) in [5, 5.41) is 2.92. The summed E-state index contributed by atoms with van der Waals surface area (Å²) in [6.07, 6.45) is 2.17. The second kappa shape index (κ2) is 3.22. The lowest BCUT2D eigenvalue weighted by Crippen LogP contribution is -2.39. The summed E-state index contributed by atoms with van der Waals surface area (Å²) in [4.78, 5) is 10.8. The van der Waals surface area contributed by atoms with E-state index in [2.05, 4.69) is 12.2 Å². The Labute approximate surface area is 67.3 Å². The maximum absolute atomic E-state index is 10.8. The first-order valence-corrected chi connectivity index (χ1v) is 4.11. The first-order valence-electron chi connectivity index (χ1n) is 4.11. The van der Waals surface area contributed by atoms with Crippen LogP contribution in [0, 0.1) is 11.8 Å². The van der Waals surface area contributed by atoms with Gasteiger partial charge in [0.25, 0.3) is 0 Å². The van der Waals surface area contributed by atoms with Crippen LogP contribution in [0.4, 0.5) is 0 Å². The Balaban J connectivity index is 2.27. The zero-order chi connectivity index (χ0) is 8.43. The summed E-state index contributed by atoms with van der Waals surface area (Å²) in [5.41, 5.74) is 5.17. The minimum Gasteiger partial charge on any atom is -0.368 e. The van der Waals surface area contributed by atoms with Gasteiger partial charge in [0.05, 0.1) is 6.04 Å². The minimum atomic E-state index is -0.230. The normalized spacial score (nSPS) is 31.5. The second-order valence-corrected chi connectivity index (χ2v) is 3.45. The largest absolute Gasteiger partial charge is 0.368 e. The van der Waals surface area contributed by atoms with Crippen LogP contribution < -0.4 is 11.1 Å². The molecule has 1 fully saturated rings. The van der Waals surface area contributed by atoms with Gasteiger partial charge in [-0.2, -0.15) is 0 Å². The highest BCUT2D eigenvalue weighted by Gasteiger charge is 2.35. The number of hydrogen-bond donors (Lipinski definition) is 2. The fourth-order valence-corrected chi connectivity index (χ4v) is 1.41. The van der Waals surface area contributed by atoms with Crippen LogP contribution >= 0.6 is 0 Å². The van der Waals surface area contributed by atoms with Crippen molar-refractivity contribution in [3.8, 4) is 0 Å². The van der Waals surface area contributed by atoms with E-state index < -0.39 is 0 Å². The molecule has 3 atom stereocenters. The van der Waals surface area contributed by atoms with E-state index in [0.717, 1.165) is 18.3 Å². The third kappa shape index (κ3) is 2.19. The van der Waals surface area contributed by atoms with E-state index in [9.17, 15) is 4.79 Å². The van der Waals surface area contributed by atoms with Crippen molar-refractivity contribution in [1.82, 2.24) is 5.32 Å². The van der Waals surface area contributed by atoms with Gasteiger partial charge in [0.2, 0.25) is 5.91 Å². The zero-order valence-electron chi connectivity index (χ0n) is 7.13. The fraction of sp³-hybridized carbons (Fsp3) is 0.875. The molecular weight excluding hydrogens is 140 g/mol. The number of nitrogens with two attached hydrogens (primary N) is 1. The quantitative estimate of drug-likeness (QED) is 0.607. The molecule has 0 spiro atoms. The molecule has 0 aromatic rings. The van der Waals surface area contributed by atoms with Crippen molar-refractivity contribution in [1.29, 1.82) is 0 Å². The highest BCUT2D eigenvalue weighted by molar-refractivity contribution is 5.79. The van der Waals surface area contributed by atoms with E-state index in [-0.39, 0.29) is 11.9 Å². The molecule has 3 N–H and O–H groups in total. The van der Waals surface area contributed by atoms with Crippen molar-refractivity contribution < 1.29 is 4.79 Å². The van der Waals surface area contributed by atoms with Crippen LogP contribution in [-0.2, 0) is 4.79 Å². The van der Waals surface area contributed by atoms with Gasteiger partial charge in [-0.15, -0.1) is 0 Å². The van der Waals surface area contributed by atoms with E-state index in [0.29, 0.717) is 0 Å². The van der Waals surface area contributed by atoms with Gasteiger partial charge in [-0.25, -0.2) is 0 Å². The molecule has 1 amide bonds. The SMILES string of the molecule is CNC(CC1CC1C)C(N)=O. The van der Waals surface area contributed by atoms with Crippen molar-refractivity contribution in [2.75, 3.05) is 7.05 Å². The molecule has 3 heteroatoms. The van der Waals surface area contributed by atoms with Crippen LogP contribution in [0.5, 0.6) is 0 Å². The highest BCUT2D eigenvalue weighted by atomic mass is 16.1. The van der Waals surface area contributed by atoms with Crippen molar-refractivity contribution in [2.45, 2.75) is 25.8 Å². The van der Waals surface area contributed by atoms with Gasteiger partial charge in [0.15, 0.2) is 0 Å². The van der Waals surface area contributed by atoms with Crippen LogP contribution in [0.1, 0.15) is 19.8 Å². The summed E-state index contributed by atoms with van der Waals surface area (Å²) in [6.45, 7) is 2.21. The molecule has 64 valence electrons. The molecule has 0 radical (unpaired) electrons. The van der Waals surface area contributed by atoms with Gasteiger partial charge >= 0.3 is 0 Å². The molecule has 3 unspecified atom stereocenters. The molecule has 1 aliphatic rings. The summed E-state index contributed by atoms with van der Waals surface area (Å²) < 4.78 is 0. The number of likely N-dealkylation sites (N-methyl/N-ethyl adjacent to an activating group) is 1. The molecular formula is C8H16N2O. The van der Waals surface area contributed by atoms with E-state index in [1.807, 2.05) is 0 Å². The lowest BCUT2D eigenvalue weighted by atomic mass is 10.1. The predicted octanol–water partition coefficient (Wildman–Crippen LogP) is 0.106. The Kier molecular flexibility index (Phi) is 2.49. The summed E-state index contributed by atoms with van der Waals surface area (Å²) in [7, 11) is 1.78. The van der Waals surface area contributed by atoms with Crippen LogP contribution in [-0.4, -0.2) is 19.0 Å². The van der Waals surface area contributed by atoms with Gasteiger partial charge in [-0.3, -0.25) is 4.79 Å². The zero-order valence-corrected chi connectivity index (χ0v) is 7.13. The van der Waals surface area contributed by atoms with Crippen molar-refractivity contribution >= 4 is 5.91 Å². The third-order valence-corrected chi connectivity index (χ3v) is 2.51. The highest BCUT2D eigenvalue weighted by Crippen LogP contribution is 2.41. The smallest absolute Gasteiger partial charge is 0.234 e. The molecule has 0 bridgehead atoms. The average molecular weight is 156 g/mol. The number of primary amides is 1. The maximum Gasteiger partial charge on any atom is 0.234 e. The molecule has 1 saturated carbocycles. The topological polar surface area (TPSA) is 55.1 Å². The number of carbonyl (C=O) groups is 1. The van der Waals surface area contributed by atoms with E-state index >= 15 is 0 Å². The molecule has 11 heavy (non-hydrogen) atoms. The summed E-state index contributed by atoms with van der Waals surface area (Å²) >= 11 is 0. The summed E-state index contributed by atoms with van der Waals surface area (Å²) in [6, 6.07) is -0.120. The lowest BCUT2D eigenvalue weighted by Gasteiger charge is -2.10. The predicted molar refractivity (Wildman–Crippen MR) is 43.9 cm³/mol. The summed E-state index contributed by atoms with van der Waals surface area (Å²) in [5.74, 6) is 1.29. The van der Waals surface area contributed by atoms with Crippen molar-refractivity contribution in [3.63, 3.8) is 0 Å².